The maximum absolute atomic E-state index is 13.2. The number of para-hydroxylation sites is 2. The highest BCUT2D eigenvalue weighted by atomic mass is 35.5. The molecule has 0 amide bonds. The molecule has 0 aliphatic carbocycles. The van der Waals surface area contributed by atoms with Crippen LogP contribution in [0, 0.1) is 0 Å². The van der Waals surface area contributed by atoms with Gasteiger partial charge in [0.15, 0.2) is 0 Å². The fourth-order valence-corrected chi connectivity index (χ4v) is 6.94. The van der Waals surface area contributed by atoms with Crippen molar-refractivity contribution in [3.05, 3.63) is 187 Å². The second-order valence-electron chi connectivity index (χ2n) is 13.3. The minimum atomic E-state index is -1.03. The first-order chi connectivity index (χ1) is 29.1. The first-order valence-corrected chi connectivity index (χ1v) is 19.5. The monoisotopic (exact) mass is 838 g/mol. The lowest BCUT2D eigenvalue weighted by molar-refractivity contribution is 0.0686. The van der Waals surface area contributed by atoms with E-state index in [1.165, 1.54) is 33.4 Å². The number of hydrogen-bond acceptors (Lipinski definition) is 8. The molecule has 3 heterocycles. The van der Waals surface area contributed by atoms with Crippen LogP contribution in [-0.4, -0.2) is 67.4 Å². The lowest BCUT2D eigenvalue weighted by Crippen LogP contribution is -2.39. The van der Waals surface area contributed by atoms with Crippen LogP contribution in [0.5, 0.6) is 0 Å². The van der Waals surface area contributed by atoms with Crippen LogP contribution in [0.25, 0.3) is 56.0 Å². The number of benzene rings is 6. The molecule has 4 N–H and O–H groups in total. The fraction of sp³-hybridized carbons (Fsp3) is 0.0870. The highest BCUT2D eigenvalue weighted by molar-refractivity contribution is 6.33. The zero-order valence-corrected chi connectivity index (χ0v) is 33.3. The van der Waals surface area contributed by atoms with Crippen LogP contribution in [-0.2, 0) is 0 Å². The van der Waals surface area contributed by atoms with Crippen molar-refractivity contribution in [1.29, 1.82) is 0 Å². The molecule has 2 aromatic heterocycles. The number of hydrogen-bond donors (Lipinski definition) is 4. The SMILES string of the molecule is C1CNCCN1.O=C(O)c1ccc(-n2c(-c3ccccc3Cl)nc3ccccc3c2=O)cc1.O=C(O)c1ccc(-n2c(-c3ccccc3Cl)nc3ccccc3c2=O)cc1. The summed E-state index contributed by atoms with van der Waals surface area (Å²) in [7, 11) is 0. The molecule has 0 bridgehead atoms. The molecule has 60 heavy (non-hydrogen) atoms. The standard InChI is InChI=1S/2C21H13ClN2O3.C4H10N2/c2*22-17-7-3-1-5-15(17)19-23-18-8-4-2-6-16(18)20(25)24(19)14-11-9-13(10-12-14)21(26)27;1-2-6-4-3-5-1/h2*1-12H,(H,26,27);5-6H,1-4H2. The van der Waals surface area contributed by atoms with Gasteiger partial charge < -0.3 is 20.8 Å². The van der Waals surface area contributed by atoms with Crippen molar-refractivity contribution < 1.29 is 19.8 Å². The van der Waals surface area contributed by atoms with E-state index in [-0.39, 0.29) is 22.2 Å². The Morgan fingerprint density at radius 3 is 1.15 bits per heavy atom. The van der Waals surface area contributed by atoms with Crippen molar-refractivity contribution in [2.24, 2.45) is 0 Å². The van der Waals surface area contributed by atoms with Crippen LogP contribution in [0.3, 0.4) is 0 Å². The third kappa shape index (κ3) is 9.02. The summed E-state index contributed by atoms with van der Waals surface area (Å²) >= 11 is 12.7. The average Bonchev–Trinajstić information content (AvgIpc) is 3.28. The van der Waals surface area contributed by atoms with Gasteiger partial charge in [0.2, 0.25) is 0 Å². The number of nitrogens with one attached hydrogen (secondary N) is 2. The molecule has 9 rings (SSSR count). The fourth-order valence-electron chi connectivity index (χ4n) is 6.50. The quantitative estimate of drug-likeness (QED) is 0.129. The molecular formula is C46H36Cl2N6O6. The molecule has 0 spiro atoms. The van der Waals surface area contributed by atoms with Gasteiger partial charge in [-0.2, -0.15) is 0 Å². The number of nitrogens with zero attached hydrogens (tertiary/aromatic N) is 4. The van der Waals surface area contributed by atoms with Crippen LogP contribution in [0.1, 0.15) is 20.7 Å². The maximum atomic E-state index is 13.2. The summed E-state index contributed by atoms with van der Waals surface area (Å²) in [5.74, 6) is -1.27. The van der Waals surface area contributed by atoms with Gasteiger partial charge in [-0.25, -0.2) is 19.6 Å². The lowest BCUT2D eigenvalue weighted by atomic mass is 10.1. The van der Waals surface area contributed by atoms with E-state index in [9.17, 15) is 19.2 Å². The molecule has 14 heteroatoms. The minimum Gasteiger partial charge on any atom is -0.478 e. The molecular weight excluding hydrogens is 803 g/mol. The first kappa shape index (κ1) is 41.2. The normalized spacial score (nSPS) is 12.2. The predicted octanol–water partition coefficient (Wildman–Crippen LogP) is 7.99. The van der Waals surface area contributed by atoms with Gasteiger partial charge in [-0.15, -0.1) is 0 Å². The number of fused-ring (bicyclic) bond motifs is 2. The third-order valence-corrected chi connectivity index (χ3v) is 10.1. The molecule has 1 aliphatic rings. The van der Waals surface area contributed by atoms with Crippen LogP contribution >= 0.6 is 23.2 Å². The van der Waals surface area contributed by atoms with Crippen LogP contribution < -0.4 is 21.8 Å². The van der Waals surface area contributed by atoms with E-state index in [0.29, 0.717) is 66.0 Å². The summed E-state index contributed by atoms with van der Waals surface area (Å²) in [4.78, 5) is 58.0. The van der Waals surface area contributed by atoms with E-state index in [1.54, 1.807) is 97.1 Å². The van der Waals surface area contributed by atoms with Crippen molar-refractivity contribution in [1.82, 2.24) is 29.7 Å². The van der Waals surface area contributed by atoms with Crippen molar-refractivity contribution in [3.63, 3.8) is 0 Å². The number of aromatic nitrogens is 4. The minimum absolute atomic E-state index is 0.139. The van der Waals surface area contributed by atoms with Gasteiger partial charge in [0.1, 0.15) is 11.6 Å². The van der Waals surface area contributed by atoms with Gasteiger partial charge in [0, 0.05) is 37.3 Å². The molecule has 0 radical (unpaired) electrons. The molecule has 1 aliphatic heterocycles. The largest absolute Gasteiger partial charge is 0.478 e. The molecule has 0 unspecified atom stereocenters. The van der Waals surface area contributed by atoms with E-state index >= 15 is 0 Å². The summed E-state index contributed by atoms with van der Waals surface area (Å²) in [6.45, 7) is 4.56. The van der Waals surface area contributed by atoms with Crippen molar-refractivity contribution >= 4 is 56.9 Å². The molecule has 1 fully saturated rings. The number of carbonyl (C=O) groups is 2. The van der Waals surface area contributed by atoms with Crippen molar-refractivity contribution in [3.8, 4) is 34.2 Å². The van der Waals surface area contributed by atoms with Gasteiger partial charge in [-0.05, 0) is 97.1 Å². The van der Waals surface area contributed by atoms with E-state index in [2.05, 4.69) is 20.6 Å². The van der Waals surface area contributed by atoms with Crippen LogP contribution in [0.15, 0.2) is 155 Å². The Morgan fingerprint density at radius 2 is 0.817 bits per heavy atom. The summed E-state index contributed by atoms with van der Waals surface area (Å²) in [6.07, 6.45) is 0. The number of carboxylic acid groups (broad SMARTS) is 2. The van der Waals surface area contributed by atoms with Gasteiger partial charge in [-0.3, -0.25) is 18.7 Å². The molecule has 1 saturated heterocycles. The molecule has 12 nitrogen and oxygen atoms in total. The van der Waals surface area contributed by atoms with Crippen molar-refractivity contribution in [2.75, 3.05) is 26.2 Å². The second-order valence-corrected chi connectivity index (χ2v) is 14.2. The summed E-state index contributed by atoms with van der Waals surface area (Å²) in [5.41, 5.74) is 3.16. The summed E-state index contributed by atoms with van der Waals surface area (Å²) < 4.78 is 2.91. The van der Waals surface area contributed by atoms with Crippen LogP contribution in [0.4, 0.5) is 0 Å². The number of halogens is 2. The number of rotatable bonds is 6. The van der Waals surface area contributed by atoms with E-state index in [1.807, 2.05) is 24.3 Å². The third-order valence-electron chi connectivity index (χ3n) is 9.48. The van der Waals surface area contributed by atoms with Gasteiger partial charge in [-0.1, -0.05) is 71.7 Å². The Kier molecular flexibility index (Phi) is 12.9. The number of carboxylic acids is 2. The Labute approximate surface area is 353 Å². The lowest BCUT2D eigenvalue weighted by Gasteiger charge is -2.15. The summed E-state index contributed by atoms with van der Waals surface area (Å²) in [6, 6.07) is 40.6. The molecule has 0 atom stereocenters. The smallest absolute Gasteiger partial charge is 0.335 e. The Morgan fingerprint density at radius 1 is 0.483 bits per heavy atom. The Balaban J connectivity index is 0.000000159. The summed E-state index contributed by atoms with van der Waals surface area (Å²) in [5, 5.41) is 26.5. The first-order valence-electron chi connectivity index (χ1n) is 18.7. The average molecular weight is 840 g/mol. The van der Waals surface area contributed by atoms with E-state index < -0.39 is 11.9 Å². The zero-order valence-electron chi connectivity index (χ0n) is 31.8. The Bertz CT molecular complexity index is 2760. The van der Waals surface area contributed by atoms with Gasteiger partial charge in [0.25, 0.3) is 11.1 Å². The van der Waals surface area contributed by atoms with Gasteiger partial charge >= 0.3 is 11.9 Å². The van der Waals surface area contributed by atoms with Crippen LogP contribution in [0.2, 0.25) is 10.0 Å². The molecule has 300 valence electrons. The number of aromatic carboxylic acids is 2. The highest BCUT2D eigenvalue weighted by Gasteiger charge is 2.18. The zero-order chi connectivity index (χ0) is 42.2. The highest BCUT2D eigenvalue weighted by Crippen LogP contribution is 2.30. The Hall–Kier alpha value is -6.96. The van der Waals surface area contributed by atoms with E-state index in [4.69, 9.17) is 33.4 Å². The molecule has 8 aromatic rings. The topological polar surface area (TPSA) is 168 Å². The number of piperazine rings is 1. The van der Waals surface area contributed by atoms with Crippen molar-refractivity contribution in [2.45, 2.75) is 0 Å². The van der Waals surface area contributed by atoms with E-state index in [0.717, 1.165) is 26.2 Å². The molecule has 6 aromatic carbocycles. The maximum Gasteiger partial charge on any atom is 0.335 e. The second kappa shape index (κ2) is 18.7. The molecule has 0 saturated carbocycles. The van der Waals surface area contributed by atoms with Gasteiger partial charge in [0.05, 0.1) is 54.4 Å². The predicted molar refractivity (Wildman–Crippen MR) is 235 cm³/mol.